The Morgan fingerprint density at radius 1 is 1.28 bits per heavy atom. The van der Waals surface area contributed by atoms with E-state index in [9.17, 15) is 14.4 Å². The smallest absolute Gasteiger partial charge is 0.357 e. The second-order valence-electron chi connectivity index (χ2n) is 9.88. The highest BCUT2D eigenvalue weighted by molar-refractivity contribution is 7.10. The first-order chi connectivity index (χ1) is 17.1. The topological polar surface area (TPSA) is 91.8 Å². The average molecular weight is 519 g/mol. The predicted octanol–water partition coefficient (Wildman–Crippen LogP) is 3.56. The third-order valence-corrected chi connectivity index (χ3v) is 7.55. The summed E-state index contributed by atoms with van der Waals surface area (Å²) in [6.07, 6.45) is 4.46. The molecule has 0 radical (unpaired) electrons. The molecule has 8 nitrogen and oxygen atoms in total. The minimum absolute atomic E-state index is 0.0166. The molecule has 1 aliphatic rings. The number of nitrogens with zero attached hydrogens (tertiary/aromatic N) is 3. The van der Waals surface area contributed by atoms with Gasteiger partial charge < -0.3 is 15.0 Å². The Bertz CT molecular complexity index is 951. The molecular formula is C27H42N4O4S. The number of rotatable bonds is 10. The third-order valence-electron chi connectivity index (χ3n) is 6.79. The van der Waals surface area contributed by atoms with Crippen LogP contribution in [0.2, 0.25) is 0 Å². The van der Waals surface area contributed by atoms with Crippen molar-refractivity contribution < 1.29 is 19.1 Å². The van der Waals surface area contributed by atoms with Crippen LogP contribution in [0.5, 0.6) is 0 Å². The van der Waals surface area contributed by atoms with E-state index in [1.165, 1.54) is 18.4 Å². The van der Waals surface area contributed by atoms with E-state index in [1.54, 1.807) is 5.38 Å². The maximum Gasteiger partial charge on any atom is 0.357 e. The summed E-state index contributed by atoms with van der Waals surface area (Å²) in [6.45, 7) is 11.6. The van der Waals surface area contributed by atoms with Gasteiger partial charge in [0.25, 0.3) is 0 Å². The number of thiazole rings is 1. The standard InChI is InChI=1S/C27H42N4O4S/c1-8-15-31(21(18(3)4)13-14-23-28-20(17-36-23)27(34)35-7)26(33)24(19(5)9-2)29-25(32)22-12-10-11-16-30(22)6/h17-19,21-22,24H,8-12,15-16H2,1-7H3,(H,29,32)/t19-,21?,22+,24-/m0/s1. The Morgan fingerprint density at radius 3 is 2.58 bits per heavy atom. The highest BCUT2D eigenvalue weighted by atomic mass is 32.1. The van der Waals surface area contributed by atoms with E-state index in [-0.39, 0.29) is 41.4 Å². The number of likely N-dealkylation sites (tertiary alicyclic amines) is 1. The summed E-state index contributed by atoms with van der Waals surface area (Å²) in [7, 11) is 3.29. The number of carbonyl (C=O) groups is 3. The Balaban J connectivity index is 2.31. The fourth-order valence-corrected chi connectivity index (χ4v) is 5.06. The lowest BCUT2D eigenvalue weighted by molar-refractivity contribution is -0.141. The van der Waals surface area contributed by atoms with Gasteiger partial charge in [0.15, 0.2) is 10.7 Å². The van der Waals surface area contributed by atoms with Gasteiger partial charge in [-0.3, -0.25) is 14.5 Å². The molecule has 9 heteroatoms. The third kappa shape index (κ3) is 7.78. The minimum atomic E-state index is -0.613. The van der Waals surface area contributed by atoms with Crippen LogP contribution in [0.25, 0.3) is 0 Å². The van der Waals surface area contributed by atoms with Gasteiger partial charge in [-0.05, 0) is 50.6 Å². The van der Waals surface area contributed by atoms with Crippen molar-refractivity contribution >= 4 is 29.1 Å². The van der Waals surface area contributed by atoms with Crippen LogP contribution in [0, 0.1) is 23.7 Å². The fraction of sp³-hybridized carbons (Fsp3) is 0.704. The summed E-state index contributed by atoms with van der Waals surface area (Å²) in [5.41, 5.74) is 0.224. The maximum absolute atomic E-state index is 14.0. The summed E-state index contributed by atoms with van der Waals surface area (Å²) >= 11 is 1.27. The van der Waals surface area contributed by atoms with Crippen LogP contribution in [0.4, 0.5) is 0 Å². The first kappa shape index (κ1) is 29.8. The molecule has 1 saturated heterocycles. The quantitative estimate of drug-likeness (QED) is 0.376. The van der Waals surface area contributed by atoms with Crippen molar-refractivity contribution in [1.82, 2.24) is 20.1 Å². The van der Waals surface area contributed by atoms with Crippen LogP contribution in [-0.4, -0.2) is 77.9 Å². The highest BCUT2D eigenvalue weighted by Gasteiger charge is 2.36. The Kier molecular flexibility index (Phi) is 11.9. The van der Waals surface area contributed by atoms with Gasteiger partial charge in [0.05, 0.1) is 19.2 Å². The number of likely N-dealkylation sites (N-methyl/N-ethyl adjacent to an activating group) is 1. The van der Waals surface area contributed by atoms with E-state index in [1.807, 2.05) is 46.6 Å². The van der Waals surface area contributed by atoms with Crippen LogP contribution in [-0.2, 0) is 14.3 Å². The predicted molar refractivity (Wildman–Crippen MR) is 143 cm³/mol. The number of hydrogen-bond acceptors (Lipinski definition) is 7. The van der Waals surface area contributed by atoms with E-state index in [0.29, 0.717) is 11.6 Å². The van der Waals surface area contributed by atoms with Gasteiger partial charge in [0.2, 0.25) is 11.8 Å². The number of esters is 1. The van der Waals surface area contributed by atoms with Gasteiger partial charge in [0, 0.05) is 11.9 Å². The van der Waals surface area contributed by atoms with Gasteiger partial charge in [-0.25, -0.2) is 9.78 Å². The molecule has 0 bridgehead atoms. The maximum atomic E-state index is 14.0. The molecule has 1 aliphatic heterocycles. The van der Waals surface area contributed by atoms with Crippen LogP contribution in [0.15, 0.2) is 5.38 Å². The lowest BCUT2D eigenvalue weighted by Gasteiger charge is -2.37. The number of carbonyl (C=O) groups excluding carboxylic acids is 3. The fourth-order valence-electron chi connectivity index (χ4n) is 4.41. The van der Waals surface area contributed by atoms with Gasteiger partial charge in [-0.1, -0.05) is 53.4 Å². The number of methoxy groups -OCH3 is 1. The molecule has 0 aliphatic carbocycles. The molecule has 1 aromatic rings. The van der Waals surface area contributed by atoms with Crippen molar-refractivity contribution in [3.8, 4) is 11.8 Å². The normalized spacial score (nSPS) is 18.5. The van der Waals surface area contributed by atoms with Crippen LogP contribution in [0.3, 0.4) is 0 Å². The largest absolute Gasteiger partial charge is 0.464 e. The van der Waals surface area contributed by atoms with Crippen molar-refractivity contribution in [3.63, 3.8) is 0 Å². The molecule has 2 amide bonds. The lowest BCUT2D eigenvalue weighted by Crippen LogP contribution is -2.58. The molecule has 1 aromatic heterocycles. The summed E-state index contributed by atoms with van der Waals surface area (Å²) in [5, 5.41) is 5.23. The zero-order chi connectivity index (χ0) is 26.8. The molecule has 0 saturated carbocycles. The molecule has 2 rings (SSSR count). The zero-order valence-corrected chi connectivity index (χ0v) is 23.6. The summed E-state index contributed by atoms with van der Waals surface area (Å²) in [5.74, 6) is 5.67. The van der Waals surface area contributed by atoms with E-state index >= 15 is 0 Å². The molecule has 1 unspecified atom stereocenters. The number of nitrogens with one attached hydrogen (secondary N) is 1. The number of amides is 2. The van der Waals surface area contributed by atoms with Gasteiger partial charge >= 0.3 is 5.97 Å². The molecule has 0 aromatic carbocycles. The van der Waals surface area contributed by atoms with E-state index < -0.39 is 12.0 Å². The van der Waals surface area contributed by atoms with Gasteiger partial charge in [0.1, 0.15) is 6.04 Å². The van der Waals surface area contributed by atoms with Gasteiger partial charge in [-0.2, -0.15) is 0 Å². The van der Waals surface area contributed by atoms with Gasteiger partial charge in [-0.15, -0.1) is 11.3 Å². The zero-order valence-electron chi connectivity index (χ0n) is 22.8. The minimum Gasteiger partial charge on any atom is -0.464 e. The van der Waals surface area contributed by atoms with Crippen LogP contribution < -0.4 is 5.32 Å². The Hall–Kier alpha value is -2.44. The molecule has 1 N–H and O–H groups in total. The van der Waals surface area contributed by atoms with Crippen molar-refractivity contribution in [3.05, 3.63) is 16.1 Å². The number of ether oxygens (including phenoxy) is 1. The molecule has 1 fully saturated rings. The van der Waals surface area contributed by atoms with E-state index in [4.69, 9.17) is 4.74 Å². The highest BCUT2D eigenvalue weighted by Crippen LogP contribution is 2.20. The molecule has 200 valence electrons. The van der Waals surface area contributed by atoms with Crippen molar-refractivity contribution in [2.45, 2.75) is 84.8 Å². The summed E-state index contributed by atoms with van der Waals surface area (Å²) in [6, 6.07) is -1.17. The SMILES string of the molecule is CCCN(C(=O)[C@@H](NC(=O)[C@H]1CCCCN1C)[C@@H](C)CC)C(C#Cc1nc(C(=O)OC)cs1)C(C)C. The Morgan fingerprint density at radius 2 is 2.00 bits per heavy atom. The van der Waals surface area contributed by atoms with E-state index in [0.717, 1.165) is 38.6 Å². The molecule has 36 heavy (non-hydrogen) atoms. The van der Waals surface area contributed by atoms with Crippen LogP contribution in [0.1, 0.15) is 82.2 Å². The lowest BCUT2D eigenvalue weighted by atomic mass is 9.94. The number of piperidine rings is 1. The second-order valence-corrected chi connectivity index (χ2v) is 10.7. The average Bonchev–Trinajstić information content (AvgIpc) is 3.34. The molecule has 0 spiro atoms. The van der Waals surface area contributed by atoms with E-state index in [2.05, 4.69) is 27.0 Å². The first-order valence-electron chi connectivity index (χ1n) is 13.0. The Labute approximate surface area is 220 Å². The summed E-state index contributed by atoms with van der Waals surface area (Å²) in [4.78, 5) is 47.1. The van der Waals surface area contributed by atoms with Crippen molar-refractivity contribution in [2.24, 2.45) is 11.8 Å². The van der Waals surface area contributed by atoms with Crippen LogP contribution >= 0.6 is 11.3 Å². The number of aromatic nitrogens is 1. The van der Waals surface area contributed by atoms with Crippen molar-refractivity contribution in [1.29, 1.82) is 0 Å². The molecule has 2 heterocycles. The monoisotopic (exact) mass is 518 g/mol. The number of hydrogen-bond donors (Lipinski definition) is 1. The van der Waals surface area contributed by atoms with Crippen molar-refractivity contribution in [2.75, 3.05) is 27.2 Å². The summed E-state index contributed by atoms with van der Waals surface area (Å²) < 4.78 is 4.72. The second kappa shape index (κ2) is 14.3. The molecular weight excluding hydrogens is 476 g/mol. The first-order valence-corrected chi connectivity index (χ1v) is 13.9. The molecule has 4 atom stereocenters.